The Labute approximate surface area is 78.7 Å². The maximum absolute atomic E-state index is 10.9. The highest BCUT2D eigenvalue weighted by molar-refractivity contribution is 5.75. The maximum atomic E-state index is 10.9. The smallest absolute Gasteiger partial charge is 0.325 e. The summed E-state index contributed by atoms with van der Waals surface area (Å²) in [6, 6.07) is -0.732. The lowest BCUT2D eigenvalue weighted by atomic mass is 10.1. The minimum Gasteiger partial charge on any atom is -0.468 e. The zero-order valence-electron chi connectivity index (χ0n) is 8.37. The lowest BCUT2D eigenvalue weighted by Crippen LogP contribution is -2.39. The highest BCUT2D eigenvalue weighted by Crippen LogP contribution is 2.09. The fraction of sp³-hybridized carbons (Fsp3) is 0.667. The van der Waals surface area contributed by atoms with Crippen LogP contribution in [-0.2, 0) is 14.3 Å². The van der Waals surface area contributed by atoms with E-state index in [2.05, 4.69) is 11.3 Å². The summed E-state index contributed by atoms with van der Waals surface area (Å²) in [4.78, 5) is 10.9. The number of hydrogen-bond donors (Lipinski definition) is 1. The van der Waals surface area contributed by atoms with Crippen LogP contribution in [0.5, 0.6) is 0 Å². The van der Waals surface area contributed by atoms with Gasteiger partial charge in [-0.25, -0.2) is 0 Å². The van der Waals surface area contributed by atoms with Gasteiger partial charge in [0.1, 0.15) is 6.04 Å². The normalized spacial score (nSPS) is 13.5. The molecule has 0 heterocycles. The van der Waals surface area contributed by atoms with Crippen molar-refractivity contribution < 1.29 is 14.3 Å². The predicted molar refractivity (Wildman–Crippen MR) is 50.2 cm³/mol. The largest absolute Gasteiger partial charge is 0.468 e. The van der Waals surface area contributed by atoms with Gasteiger partial charge in [-0.2, -0.15) is 0 Å². The molecule has 0 bridgehead atoms. The minimum atomic E-state index is -0.732. The van der Waals surface area contributed by atoms with Crippen molar-refractivity contribution in [3.63, 3.8) is 0 Å². The van der Waals surface area contributed by atoms with Crippen LogP contribution in [0.3, 0.4) is 0 Å². The number of rotatable bonds is 5. The molecule has 4 nitrogen and oxygen atoms in total. The molecule has 0 saturated heterocycles. The summed E-state index contributed by atoms with van der Waals surface area (Å²) in [5.74, 6) is -0.472. The van der Waals surface area contributed by atoms with Crippen LogP contribution in [0.25, 0.3) is 0 Å². The van der Waals surface area contributed by atoms with E-state index < -0.39 is 17.6 Å². The van der Waals surface area contributed by atoms with Crippen molar-refractivity contribution >= 4 is 5.97 Å². The van der Waals surface area contributed by atoms with Crippen LogP contribution in [0.15, 0.2) is 12.7 Å². The van der Waals surface area contributed by atoms with Crippen molar-refractivity contribution in [2.75, 3.05) is 13.7 Å². The molecule has 0 aliphatic carbocycles. The lowest BCUT2D eigenvalue weighted by molar-refractivity contribution is -0.144. The quantitative estimate of drug-likeness (QED) is 0.502. The third-order valence-corrected chi connectivity index (χ3v) is 1.63. The molecule has 4 heteroatoms. The number of esters is 1. The molecule has 0 aromatic rings. The molecular weight excluding hydrogens is 170 g/mol. The molecule has 0 unspecified atom stereocenters. The topological polar surface area (TPSA) is 61.5 Å². The highest BCUT2D eigenvalue weighted by Gasteiger charge is 2.19. The summed E-state index contributed by atoms with van der Waals surface area (Å²) in [6.07, 6.45) is 1.65. The molecule has 0 rings (SSSR count). The van der Waals surface area contributed by atoms with Gasteiger partial charge >= 0.3 is 5.97 Å². The van der Waals surface area contributed by atoms with E-state index in [1.165, 1.54) is 7.11 Å². The fourth-order valence-electron chi connectivity index (χ4n) is 0.583. The molecule has 0 saturated carbocycles. The molecule has 0 aromatic carbocycles. The summed E-state index contributed by atoms with van der Waals surface area (Å²) in [7, 11) is 1.29. The summed E-state index contributed by atoms with van der Waals surface area (Å²) in [5.41, 5.74) is 4.99. The van der Waals surface area contributed by atoms with Crippen LogP contribution in [0.2, 0.25) is 0 Å². The van der Waals surface area contributed by atoms with Crippen molar-refractivity contribution in [1.29, 1.82) is 0 Å². The van der Waals surface area contributed by atoms with Crippen LogP contribution >= 0.6 is 0 Å². The monoisotopic (exact) mass is 187 g/mol. The van der Waals surface area contributed by atoms with Gasteiger partial charge in [-0.1, -0.05) is 6.08 Å². The number of nitrogens with two attached hydrogens (primary N) is 1. The van der Waals surface area contributed by atoms with E-state index in [-0.39, 0.29) is 6.61 Å². The van der Waals surface area contributed by atoms with E-state index >= 15 is 0 Å². The van der Waals surface area contributed by atoms with Crippen LogP contribution in [0, 0.1) is 0 Å². The van der Waals surface area contributed by atoms with Gasteiger partial charge in [0.25, 0.3) is 0 Å². The first kappa shape index (κ1) is 12.1. The Balaban J connectivity index is 3.89. The second-order valence-electron chi connectivity index (χ2n) is 3.25. The van der Waals surface area contributed by atoms with Crippen LogP contribution in [0.4, 0.5) is 0 Å². The number of methoxy groups -OCH3 is 1. The van der Waals surface area contributed by atoms with Gasteiger partial charge in [0, 0.05) is 0 Å². The van der Waals surface area contributed by atoms with Crippen molar-refractivity contribution in [3.05, 3.63) is 12.7 Å². The van der Waals surface area contributed by atoms with E-state index in [4.69, 9.17) is 10.5 Å². The van der Waals surface area contributed by atoms with Crippen molar-refractivity contribution in [1.82, 2.24) is 0 Å². The van der Waals surface area contributed by atoms with Crippen LogP contribution < -0.4 is 5.73 Å². The Bertz CT molecular complexity index is 189. The predicted octanol–water partition coefficient (Wildman–Crippen LogP) is 0.468. The molecule has 0 spiro atoms. The lowest BCUT2D eigenvalue weighted by Gasteiger charge is -2.22. The van der Waals surface area contributed by atoms with Gasteiger partial charge < -0.3 is 15.2 Å². The standard InChI is InChI=1S/C9H17NO3/c1-5-9(2,3)13-6-7(10)8(11)12-4/h5,7H,1,6,10H2,2-4H3/t7-/m0/s1. The number of carbonyl (C=O) groups excluding carboxylic acids is 1. The average Bonchev–Trinajstić information content (AvgIpc) is 2.13. The molecule has 0 aliphatic heterocycles. The molecule has 0 aromatic heterocycles. The van der Waals surface area contributed by atoms with Crippen LogP contribution in [0.1, 0.15) is 13.8 Å². The van der Waals surface area contributed by atoms with E-state index in [9.17, 15) is 4.79 Å². The van der Waals surface area contributed by atoms with Crippen molar-refractivity contribution in [2.24, 2.45) is 5.73 Å². The molecule has 0 amide bonds. The molecule has 2 N–H and O–H groups in total. The zero-order valence-corrected chi connectivity index (χ0v) is 8.37. The van der Waals surface area contributed by atoms with Crippen molar-refractivity contribution in [2.45, 2.75) is 25.5 Å². The Morgan fingerprint density at radius 3 is 2.62 bits per heavy atom. The Morgan fingerprint density at radius 1 is 1.69 bits per heavy atom. The molecule has 0 radical (unpaired) electrons. The summed E-state index contributed by atoms with van der Waals surface area (Å²) in [5, 5.41) is 0. The first-order chi connectivity index (χ1) is 5.93. The van der Waals surface area contributed by atoms with E-state index in [0.29, 0.717) is 0 Å². The number of hydrogen-bond acceptors (Lipinski definition) is 4. The second-order valence-corrected chi connectivity index (χ2v) is 3.25. The van der Waals surface area contributed by atoms with Gasteiger partial charge in [-0.05, 0) is 13.8 Å². The number of ether oxygens (including phenoxy) is 2. The summed E-state index contributed by atoms with van der Waals surface area (Å²) in [6.45, 7) is 7.40. The van der Waals surface area contributed by atoms with Gasteiger partial charge in [-0.15, -0.1) is 6.58 Å². The first-order valence-electron chi connectivity index (χ1n) is 4.04. The SMILES string of the molecule is C=CC(C)(C)OC[C@H](N)C(=O)OC. The van der Waals surface area contributed by atoms with Gasteiger partial charge in [-0.3, -0.25) is 4.79 Å². The summed E-state index contributed by atoms with van der Waals surface area (Å²) < 4.78 is 9.76. The Morgan fingerprint density at radius 2 is 2.23 bits per heavy atom. The van der Waals surface area contributed by atoms with E-state index in [0.717, 1.165) is 0 Å². The molecule has 13 heavy (non-hydrogen) atoms. The molecular formula is C9H17NO3. The van der Waals surface area contributed by atoms with E-state index in [1.807, 2.05) is 13.8 Å². The molecule has 76 valence electrons. The molecule has 0 fully saturated rings. The van der Waals surface area contributed by atoms with E-state index in [1.54, 1.807) is 6.08 Å². The Hall–Kier alpha value is -0.870. The fourth-order valence-corrected chi connectivity index (χ4v) is 0.583. The second kappa shape index (κ2) is 4.99. The maximum Gasteiger partial charge on any atom is 0.325 e. The van der Waals surface area contributed by atoms with Gasteiger partial charge in [0.15, 0.2) is 0 Å². The first-order valence-corrected chi connectivity index (χ1v) is 4.04. The number of carbonyl (C=O) groups is 1. The third kappa shape index (κ3) is 4.65. The minimum absolute atomic E-state index is 0.131. The van der Waals surface area contributed by atoms with Crippen LogP contribution in [-0.4, -0.2) is 31.3 Å². The summed E-state index contributed by atoms with van der Waals surface area (Å²) >= 11 is 0. The molecule has 1 atom stereocenters. The Kier molecular flexibility index (Phi) is 4.66. The zero-order chi connectivity index (χ0) is 10.5. The third-order valence-electron chi connectivity index (χ3n) is 1.63. The average molecular weight is 187 g/mol. The van der Waals surface area contributed by atoms with Gasteiger partial charge in [0.2, 0.25) is 0 Å². The molecule has 0 aliphatic rings. The van der Waals surface area contributed by atoms with Gasteiger partial charge in [0.05, 0.1) is 19.3 Å². The highest BCUT2D eigenvalue weighted by atomic mass is 16.5. The van der Waals surface area contributed by atoms with Crippen molar-refractivity contribution in [3.8, 4) is 0 Å².